The zero-order chi connectivity index (χ0) is 14.8. The average Bonchev–Trinajstić information content (AvgIpc) is 3.03. The Bertz CT molecular complexity index is 796. The van der Waals surface area contributed by atoms with Gasteiger partial charge in [-0.3, -0.25) is 9.78 Å². The summed E-state index contributed by atoms with van der Waals surface area (Å²) < 4.78 is 1.68. The molecule has 3 heterocycles. The van der Waals surface area contributed by atoms with Crippen LogP contribution in [0.4, 0.5) is 5.69 Å². The Labute approximate surface area is 134 Å². The number of rotatable bonds is 4. The first kappa shape index (κ1) is 14.3. The maximum Gasteiger partial charge on any atom is 0.263 e. The van der Waals surface area contributed by atoms with Gasteiger partial charge in [0, 0.05) is 29.2 Å². The summed E-state index contributed by atoms with van der Waals surface area (Å²) in [6.07, 6.45) is 4.16. The molecule has 3 aromatic rings. The molecule has 0 saturated carbocycles. The van der Waals surface area contributed by atoms with E-state index in [9.17, 15) is 4.79 Å². The van der Waals surface area contributed by atoms with Gasteiger partial charge in [0.15, 0.2) is 0 Å². The highest BCUT2D eigenvalue weighted by Crippen LogP contribution is 2.32. The van der Waals surface area contributed by atoms with Crippen molar-refractivity contribution >= 4 is 56.0 Å². The van der Waals surface area contributed by atoms with Crippen LogP contribution >= 0.6 is 34.3 Å². The zero-order valence-electron chi connectivity index (χ0n) is 10.9. The molecule has 0 saturated heterocycles. The van der Waals surface area contributed by atoms with Gasteiger partial charge in [-0.1, -0.05) is 11.6 Å². The third-order valence-corrected chi connectivity index (χ3v) is 5.47. The number of thiophene rings is 2. The van der Waals surface area contributed by atoms with Gasteiger partial charge in [0.25, 0.3) is 5.91 Å². The van der Waals surface area contributed by atoms with E-state index in [2.05, 4.69) is 10.3 Å². The minimum Gasteiger partial charge on any atom is -0.397 e. The fraction of sp³-hybridized carbons (Fsp3) is 0.143. The Balaban J connectivity index is 1.68. The molecule has 7 heteroatoms. The highest BCUT2D eigenvalue weighted by Gasteiger charge is 2.15. The zero-order valence-corrected chi connectivity index (χ0v) is 13.3. The molecule has 0 aliphatic carbocycles. The molecule has 0 atom stereocenters. The highest BCUT2D eigenvalue weighted by molar-refractivity contribution is 7.21. The van der Waals surface area contributed by atoms with Crippen molar-refractivity contribution in [1.82, 2.24) is 10.3 Å². The molecule has 0 aliphatic rings. The van der Waals surface area contributed by atoms with E-state index < -0.39 is 0 Å². The average molecular weight is 338 g/mol. The van der Waals surface area contributed by atoms with Gasteiger partial charge < -0.3 is 11.1 Å². The van der Waals surface area contributed by atoms with Crippen molar-refractivity contribution in [3.8, 4) is 0 Å². The maximum atomic E-state index is 12.2. The van der Waals surface area contributed by atoms with Crippen LogP contribution in [0.15, 0.2) is 30.6 Å². The molecule has 0 bridgehead atoms. The summed E-state index contributed by atoms with van der Waals surface area (Å²) in [6, 6.07) is 5.66. The van der Waals surface area contributed by atoms with Gasteiger partial charge in [0.2, 0.25) is 0 Å². The van der Waals surface area contributed by atoms with E-state index in [0.717, 1.165) is 25.7 Å². The number of nitrogen functional groups attached to an aromatic ring is 1. The molecule has 0 unspecified atom stereocenters. The van der Waals surface area contributed by atoms with E-state index in [4.69, 9.17) is 17.3 Å². The summed E-state index contributed by atoms with van der Waals surface area (Å²) in [5, 5.41) is 3.77. The number of nitrogens with one attached hydrogen (secondary N) is 1. The van der Waals surface area contributed by atoms with Crippen LogP contribution in [0.3, 0.4) is 0 Å². The molecule has 0 aromatic carbocycles. The third kappa shape index (κ3) is 3.02. The van der Waals surface area contributed by atoms with Gasteiger partial charge >= 0.3 is 0 Å². The first-order valence-electron chi connectivity index (χ1n) is 6.29. The maximum absolute atomic E-state index is 12.2. The summed E-state index contributed by atoms with van der Waals surface area (Å²) in [6.45, 7) is 0.557. The van der Waals surface area contributed by atoms with Crippen LogP contribution in [-0.4, -0.2) is 17.4 Å². The van der Waals surface area contributed by atoms with Crippen molar-refractivity contribution in [3.05, 3.63) is 44.7 Å². The number of pyridine rings is 1. The molecule has 3 N–H and O–H groups in total. The molecule has 3 aromatic heterocycles. The predicted octanol–water partition coefficient (Wildman–Crippen LogP) is 3.57. The van der Waals surface area contributed by atoms with Crippen LogP contribution in [-0.2, 0) is 6.42 Å². The van der Waals surface area contributed by atoms with Crippen molar-refractivity contribution in [1.29, 1.82) is 0 Å². The van der Waals surface area contributed by atoms with E-state index in [1.807, 2.05) is 18.2 Å². The first-order valence-corrected chi connectivity index (χ1v) is 8.30. The topological polar surface area (TPSA) is 68.0 Å². The standard InChI is InChI=1S/C14H12ClN3OS2/c15-11-2-1-8(20-11)3-6-18-14(19)13-12(16)9-4-5-17-7-10(9)21-13/h1-2,4-5,7H,3,6,16H2,(H,18,19). The fourth-order valence-electron chi connectivity index (χ4n) is 2.01. The minimum absolute atomic E-state index is 0.142. The Hall–Kier alpha value is -1.63. The smallest absolute Gasteiger partial charge is 0.263 e. The van der Waals surface area contributed by atoms with Gasteiger partial charge in [-0.2, -0.15) is 0 Å². The molecular formula is C14H12ClN3OS2. The van der Waals surface area contributed by atoms with Gasteiger partial charge in [-0.25, -0.2) is 0 Å². The summed E-state index contributed by atoms with van der Waals surface area (Å²) in [7, 11) is 0. The summed E-state index contributed by atoms with van der Waals surface area (Å²) >= 11 is 8.76. The Morgan fingerprint density at radius 1 is 1.33 bits per heavy atom. The van der Waals surface area contributed by atoms with Crippen LogP contribution in [0, 0.1) is 0 Å². The van der Waals surface area contributed by atoms with Gasteiger partial charge in [-0.15, -0.1) is 22.7 Å². The molecule has 108 valence electrons. The van der Waals surface area contributed by atoms with Crippen LogP contribution in [0.25, 0.3) is 10.1 Å². The molecule has 0 spiro atoms. The number of carbonyl (C=O) groups excluding carboxylic acids is 1. The number of halogens is 1. The lowest BCUT2D eigenvalue weighted by atomic mass is 10.2. The lowest BCUT2D eigenvalue weighted by Gasteiger charge is -2.03. The van der Waals surface area contributed by atoms with E-state index in [-0.39, 0.29) is 5.91 Å². The number of aromatic nitrogens is 1. The van der Waals surface area contributed by atoms with Crippen molar-refractivity contribution in [3.63, 3.8) is 0 Å². The second-order valence-corrected chi connectivity index (χ2v) is 7.28. The van der Waals surface area contributed by atoms with E-state index in [1.54, 1.807) is 12.4 Å². The lowest BCUT2D eigenvalue weighted by molar-refractivity contribution is 0.0959. The van der Waals surface area contributed by atoms with Crippen molar-refractivity contribution < 1.29 is 4.79 Å². The third-order valence-electron chi connectivity index (χ3n) is 3.02. The molecule has 0 fully saturated rings. The monoisotopic (exact) mass is 337 g/mol. The number of fused-ring (bicyclic) bond motifs is 1. The van der Waals surface area contributed by atoms with Crippen molar-refractivity contribution in [2.24, 2.45) is 0 Å². The quantitative estimate of drug-likeness (QED) is 0.764. The lowest BCUT2D eigenvalue weighted by Crippen LogP contribution is -2.25. The summed E-state index contributed by atoms with van der Waals surface area (Å²) in [5.41, 5.74) is 6.55. The molecule has 1 amide bonds. The van der Waals surface area contributed by atoms with Crippen molar-refractivity contribution in [2.45, 2.75) is 6.42 Å². The molecule has 4 nitrogen and oxygen atoms in total. The van der Waals surface area contributed by atoms with Gasteiger partial charge in [0.1, 0.15) is 4.88 Å². The minimum atomic E-state index is -0.142. The normalized spacial score (nSPS) is 10.9. The van der Waals surface area contributed by atoms with Gasteiger partial charge in [-0.05, 0) is 24.6 Å². The van der Waals surface area contributed by atoms with Crippen molar-refractivity contribution in [2.75, 3.05) is 12.3 Å². The Morgan fingerprint density at radius 2 is 2.19 bits per heavy atom. The van der Waals surface area contributed by atoms with Crippen LogP contribution < -0.4 is 11.1 Å². The highest BCUT2D eigenvalue weighted by atomic mass is 35.5. The fourth-order valence-corrected chi connectivity index (χ4v) is 4.10. The number of anilines is 1. The second-order valence-electron chi connectivity index (χ2n) is 4.43. The number of amides is 1. The number of nitrogens with two attached hydrogens (primary N) is 1. The molecule has 0 aliphatic heterocycles. The number of carbonyl (C=O) groups is 1. The largest absolute Gasteiger partial charge is 0.397 e. The second kappa shape index (κ2) is 6.01. The molecule has 3 rings (SSSR count). The van der Waals surface area contributed by atoms with Gasteiger partial charge in [0.05, 0.1) is 14.7 Å². The number of hydrogen-bond acceptors (Lipinski definition) is 5. The van der Waals surface area contributed by atoms with Crippen LogP contribution in [0.5, 0.6) is 0 Å². The Kier molecular flexibility index (Phi) is 4.10. The summed E-state index contributed by atoms with van der Waals surface area (Å²) in [4.78, 5) is 17.9. The molecule has 0 radical (unpaired) electrons. The summed E-state index contributed by atoms with van der Waals surface area (Å²) in [5.74, 6) is -0.142. The van der Waals surface area contributed by atoms with Crippen LogP contribution in [0.2, 0.25) is 4.34 Å². The molecule has 21 heavy (non-hydrogen) atoms. The Morgan fingerprint density at radius 3 is 2.90 bits per heavy atom. The molecular weight excluding hydrogens is 326 g/mol. The SMILES string of the molecule is Nc1c(C(=O)NCCc2ccc(Cl)s2)sc2cnccc12. The predicted molar refractivity (Wildman–Crippen MR) is 89.4 cm³/mol. The van der Waals surface area contributed by atoms with E-state index >= 15 is 0 Å². The number of nitrogens with zero attached hydrogens (tertiary/aromatic N) is 1. The van der Waals surface area contributed by atoms with E-state index in [0.29, 0.717) is 17.1 Å². The number of hydrogen-bond donors (Lipinski definition) is 2. The van der Waals surface area contributed by atoms with E-state index in [1.165, 1.54) is 22.7 Å². The first-order chi connectivity index (χ1) is 10.1. The van der Waals surface area contributed by atoms with Crippen LogP contribution in [0.1, 0.15) is 14.5 Å².